The van der Waals surface area contributed by atoms with Crippen molar-refractivity contribution in [1.82, 2.24) is 9.62 Å². The molecular formula is C23H24ClN3O5S2. The number of nitrogens with zero attached hydrogens (tertiary/aromatic N) is 1. The molecule has 0 bridgehead atoms. The van der Waals surface area contributed by atoms with Gasteiger partial charge in [0.2, 0.25) is 26.0 Å². The van der Waals surface area contributed by atoms with Gasteiger partial charge in [0.15, 0.2) is 0 Å². The summed E-state index contributed by atoms with van der Waals surface area (Å²) < 4.78 is 50.5. The molecule has 0 saturated heterocycles. The van der Waals surface area contributed by atoms with Gasteiger partial charge in [0.25, 0.3) is 0 Å². The summed E-state index contributed by atoms with van der Waals surface area (Å²) in [5.74, 6) is -0.512. The Hall–Kier alpha value is -2.76. The lowest BCUT2D eigenvalue weighted by Gasteiger charge is -2.23. The minimum atomic E-state index is -4.00. The predicted molar refractivity (Wildman–Crippen MR) is 130 cm³/mol. The van der Waals surface area contributed by atoms with Crippen LogP contribution in [-0.4, -0.2) is 33.6 Å². The van der Waals surface area contributed by atoms with Gasteiger partial charge in [-0.1, -0.05) is 48.0 Å². The number of halogens is 1. The summed E-state index contributed by atoms with van der Waals surface area (Å²) in [4.78, 5) is 12.7. The molecule has 0 aliphatic rings. The quantitative estimate of drug-likeness (QED) is 0.447. The highest BCUT2D eigenvalue weighted by atomic mass is 35.5. The van der Waals surface area contributed by atoms with Crippen LogP contribution in [0.4, 0.5) is 0 Å². The topological polar surface area (TPSA) is 127 Å². The summed E-state index contributed by atoms with van der Waals surface area (Å²) >= 11 is 5.90. The Morgan fingerprint density at radius 2 is 1.50 bits per heavy atom. The number of hydrogen-bond acceptors (Lipinski definition) is 5. The normalized spacial score (nSPS) is 12.0. The third-order valence-corrected chi connectivity index (χ3v) is 8.11. The maximum Gasteiger partial charge on any atom is 0.243 e. The Morgan fingerprint density at radius 3 is 2.09 bits per heavy atom. The Labute approximate surface area is 204 Å². The second-order valence-corrected chi connectivity index (χ2v) is 11.6. The van der Waals surface area contributed by atoms with Crippen molar-refractivity contribution in [1.29, 1.82) is 0 Å². The third kappa shape index (κ3) is 6.64. The van der Waals surface area contributed by atoms with Crippen LogP contribution in [0.1, 0.15) is 16.7 Å². The van der Waals surface area contributed by atoms with Crippen LogP contribution in [0, 0.1) is 6.92 Å². The average molecular weight is 522 g/mol. The van der Waals surface area contributed by atoms with E-state index >= 15 is 0 Å². The number of primary sulfonamides is 1. The average Bonchev–Trinajstić information content (AvgIpc) is 2.78. The molecule has 8 nitrogen and oxygen atoms in total. The van der Waals surface area contributed by atoms with E-state index in [0.717, 1.165) is 15.4 Å². The number of carbonyl (C=O) groups is 1. The smallest absolute Gasteiger partial charge is 0.243 e. The largest absolute Gasteiger partial charge is 0.351 e. The molecule has 1 amide bonds. The van der Waals surface area contributed by atoms with E-state index in [1.54, 1.807) is 6.07 Å². The van der Waals surface area contributed by atoms with Crippen LogP contribution in [0.15, 0.2) is 82.6 Å². The molecule has 0 spiro atoms. The fourth-order valence-electron chi connectivity index (χ4n) is 3.17. The number of rotatable bonds is 9. The van der Waals surface area contributed by atoms with Crippen molar-refractivity contribution in [3.8, 4) is 0 Å². The van der Waals surface area contributed by atoms with Crippen LogP contribution in [-0.2, 0) is 37.9 Å². The zero-order valence-corrected chi connectivity index (χ0v) is 20.7. The Morgan fingerprint density at radius 1 is 0.912 bits per heavy atom. The lowest BCUT2D eigenvalue weighted by molar-refractivity contribution is -0.121. The molecule has 0 unspecified atom stereocenters. The summed E-state index contributed by atoms with van der Waals surface area (Å²) in [6.45, 7) is 1.55. The van der Waals surface area contributed by atoms with Crippen molar-refractivity contribution >= 4 is 37.6 Å². The summed E-state index contributed by atoms with van der Waals surface area (Å²) in [6, 6.07) is 18.8. The van der Waals surface area contributed by atoms with E-state index in [-0.39, 0.29) is 22.9 Å². The maximum absolute atomic E-state index is 13.3. The molecule has 0 saturated carbocycles. The van der Waals surface area contributed by atoms with Gasteiger partial charge >= 0.3 is 0 Å². The number of nitrogens with two attached hydrogens (primary N) is 1. The molecule has 3 rings (SSSR count). The van der Waals surface area contributed by atoms with Gasteiger partial charge in [-0.25, -0.2) is 22.0 Å². The fourth-order valence-corrected chi connectivity index (χ4v) is 5.19. The first-order valence-corrected chi connectivity index (χ1v) is 13.5. The SMILES string of the molecule is Cc1ccccc1CN(CC(=O)NCc1ccc(S(N)(=O)=O)cc1)S(=O)(=O)c1ccc(Cl)cc1. The molecule has 0 aromatic heterocycles. The molecule has 180 valence electrons. The van der Waals surface area contributed by atoms with Gasteiger partial charge in [0.05, 0.1) is 16.3 Å². The van der Waals surface area contributed by atoms with E-state index in [2.05, 4.69) is 5.32 Å². The third-order valence-electron chi connectivity index (χ3n) is 5.12. The summed E-state index contributed by atoms with van der Waals surface area (Å²) in [7, 11) is -7.81. The fraction of sp³-hybridized carbons (Fsp3) is 0.174. The number of amides is 1. The minimum absolute atomic E-state index is 0.00805. The van der Waals surface area contributed by atoms with Gasteiger partial charge < -0.3 is 5.32 Å². The van der Waals surface area contributed by atoms with Crippen LogP contribution in [0.25, 0.3) is 0 Å². The van der Waals surface area contributed by atoms with Crippen molar-refractivity contribution in [2.24, 2.45) is 5.14 Å². The number of benzene rings is 3. The minimum Gasteiger partial charge on any atom is -0.351 e. The molecule has 34 heavy (non-hydrogen) atoms. The molecule has 3 aromatic carbocycles. The first-order valence-electron chi connectivity index (χ1n) is 10.2. The summed E-state index contributed by atoms with van der Waals surface area (Å²) in [5.41, 5.74) is 2.30. The van der Waals surface area contributed by atoms with Crippen molar-refractivity contribution in [2.45, 2.75) is 29.8 Å². The molecule has 0 fully saturated rings. The molecule has 0 aliphatic carbocycles. The van der Waals surface area contributed by atoms with E-state index in [1.165, 1.54) is 48.5 Å². The highest BCUT2D eigenvalue weighted by molar-refractivity contribution is 7.89. The molecule has 0 atom stereocenters. The molecule has 11 heteroatoms. The van der Waals surface area contributed by atoms with E-state index in [1.807, 2.05) is 25.1 Å². The van der Waals surface area contributed by atoms with Gasteiger partial charge in [0, 0.05) is 18.1 Å². The molecule has 0 radical (unpaired) electrons. The Balaban J connectivity index is 1.78. The number of hydrogen-bond donors (Lipinski definition) is 2. The first-order chi connectivity index (χ1) is 16.0. The van der Waals surface area contributed by atoms with Gasteiger partial charge in [-0.05, 0) is 60.0 Å². The maximum atomic E-state index is 13.3. The van der Waals surface area contributed by atoms with Gasteiger partial charge in [0.1, 0.15) is 0 Å². The van der Waals surface area contributed by atoms with Crippen LogP contribution in [0.5, 0.6) is 0 Å². The standard InChI is InChI=1S/C23H24ClN3O5S2/c1-17-4-2-3-5-19(17)15-27(34(31,32)22-12-8-20(24)9-13-22)16-23(28)26-14-18-6-10-21(11-7-18)33(25,29)30/h2-13H,14-16H2,1H3,(H,26,28)(H2,25,29,30). The summed E-state index contributed by atoms with van der Waals surface area (Å²) in [6.07, 6.45) is 0. The number of carbonyl (C=O) groups excluding carboxylic acids is 1. The molecule has 3 N–H and O–H groups in total. The van der Waals surface area contributed by atoms with E-state index in [9.17, 15) is 21.6 Å². The first kappa shape index (κ1) is 25.9. The van der Waals surface area contributed by atoms with E-state index in [4.69, 9.17) is 16.7 Å². The van der Waals surface area contributed by atoms with Gasteiger partial charge in [-0.3, -0.25) is 4.79 Å². The van der Waals surface area contributed by atoms with E-state index < -0.39 is 32.5 Å². The van der Waals surface area contributed by atoms with Crippen LogP contribution in [0.2, 0.25) is 5.02 Å². The number of nitrogens with one attached hydrogen (secondary N) is 1. The van der Waals surface area contributed by atoms with Gasteiger partial charge in [-0.15, -0.1) is 0 Å². The second-order valence-electron chi connectivity index (χ2n) is 7.62. The van der Waals surface area contributed by atoms with Crippen molar-refractivity contribution < 1.29 is 21.6 Å². The molecular weight excluding hydrogens is 498 g/mol. The van der Waals surface area contributed by atoms with Crippen LogP contribution >= 0.6 is 11.6 Å². The van der Waals surface area contributed by atoms with E-state index in [0.29, 0.717) is 10.6 Å². The highest BCUT2D eigenvalue weighted by Gasteiger charge is 2.27. The molecule has 0 heterocycles. The highest BCUT2D eigenvalue weighted by Crippen LogP contribution is 2.21. The van der Waals surface area contributed by atoms with Crippen molar-refractivity contribution in [2.75, 3.05) is 6.54 Å². The van der Waals surface area contributed by atoms with Crippen LogP contribution < -0.4 is 10.5 Å². The Bertz CT molecular complexity index is 1370. The monoisotopic (exact) mass is 521 g/mol. The Kier molecular flexibility index (Phi) is 8.11. The second kappa shape index (κ2) is 10.7. The lowest BCUT2D eigenvalue weighted by atomic mass is 10.1. The number of aryl methyl sites for hydroxylation is 1. The summed E-state index contributed by atoms with van der Waals surface area (Å²) in [5, 5.41) is 8.16. The zero-order chi connectivity index (χ0) is 24.9. The zero-order valence-electron chi connectivity index (χ0n) is 18.3. The van der Waals surface area contributed by atoms with Crippen molar-refractivity contribution in [3.05, 3.63) is 94.5 Å². The van der Waals surface area contributed by atoms with Crippen LogP contribution in [0.3, 0.4) is 0 Å². The van der Waals surface area contributed by atoms with Gasteiger partial charge in [-0.2, -0.15) is 4.31 Å². The number of sulfonamides is 2. The lowest BCUT2D eigenvalue weighted by Crippen LogP contribution is -2.40. The molecule has 3 aromatic rings. The molecule has 0 aliphatic heterocycles. The predicted octanol–water partition coefficient (Wildman–Crippen LogP) is 2.80. The van der Waals surface area contributed by atoms with Crippen molar-refractivity contribution in [3.63, 3.8) is 0 Å².